The molecule has 0 saturated carbocycles. The molecule has 2 aromatic rings. The second kappa shape index (κ2) is 8.26. The first-order chi connectivity index (χ1) is 13.8. The number of ketones is 1. The molecule has 0 aliphatic carbocycles. The van der Waals surface area contributed by atoms with Crippen LogP contribution in [0.1, 0.15) is 42.5 Å². The Balaban J connectivity index is 2.19. The van der Waals surface area contributed by atoms with E-state index in [1.165, 1.54) is 29.2 Å². The molecule has 0 aromatic heterocycles. The largest absolute Gasteiger partial charge is 0.507 e. The summed E-state index contributed by atoms with van der Waals surface area (Å²) in [6.45, 7) is 4.27. The molecule has 1 atom stereocenters. The fraction of sp³-hybridized carbons (Fsp3) is 0.273. The molecule has 150 valence electrons. The van der Waals surface area contributed by atoms with Crippen molar-refractivity contribution >= 4 is 23.1 Å². The molecule has 1 amide bonds. The van der Waals surface area contributed by atoms with E-state index < -0.39 is 28.4 Å². The van der Waals surface area contributed by atoms with E-state index in [9.17, 15) is 24.8 Å². The lowest BCUT2D eigenvalue weighted by Crippen LogP contribution is -2.30. The Morgan fingerprint density at radius 3 is 2.55 bits per heavy atom. The van der Waals surface area contributed by atoms with Crippen molar-refractivity contribution in [2.45, 2.75) is 32.7 Å². The minimum atomic E-state index is -0.781. The number of unbranched alkanes of at least 4 members (excludes halogenated alkanes) is 1. The van der Waals surface area contributed by atoms with Gasteiger partial charge in [-0.2, -0.15) is 0 Å². The monoisotopic (exact) mass is 394 g/mol. The zero-order chi connectivity index (χ0) is 21.1. The zero-order valence-electron chi connectivity index (χ0n) is 16.3. The van der Waals surface area contributed by atoms with Crippen LogP contribution in [0.2, 0.25) is 0 Å². The summed E-state index contributed by atoms with van der Waals surface area (Å²) in [6.07, 6.45) is 1.56. The van der Waals surface area contributed by atoms with Crippen LogP contribution in [0.15, 0.2) is 54.1 Å². The number of rotatable bonds is 6. The SMILES string of the molecule is CCCCN1C(=O)C(=O)/C(=C(\O)c2cccc([N+](=O)[O-])c2)C1c1cccc(C)c1. The van der Waals surface area contributed by atoms with Gasteiger partial charge in [0.1, 0.15) is 5.76 Å². The van der Waals surface area contributed by atoms with Gasteiger partial charge in [-0.05, 0) is 18.9 Å². The molecule has 1 aliphatic heterocycles. The summed E-state index contributed by atoms with van der Waals surface area (Å²) in [7, 11) is 0. The Kier molecular flexibility index (Phi) is 5.77. The van der Waals surface area contributed by atoms with E-state index in [1.54, 1.807) is 0 Å². The van der Waals surface area contributed by atoms with Crippen LogP contribution in [-0.4, -0.2) is 33.2 Å². The van der Waals surface area contributed by atoms with Gasteiger partial charge < -0.3 is 10.0 Å². The number of nitrogens with zero attached hydrogens (tertiary/aromatic N) is 2. The summed E-state index contributed by atoms with van der Waals surface area (Å²) >= 11 is 0. The summed E-state index contributed by atoms with van der Waals surface area (Å²) in [5.74, 6) is -1.86. The third-order valence-corrected chi connectivity index (χ3v) is 4.98. The summed E-state index contributed by atoms with van der Waals surface area (Å²) in [4.78, 5) is 37.5. The average Bonchev–Trinajstić information content (AvgIpc) is 2.96. The molecule has 0 bridgehead atoms. The Bertz CT molecular complexity index is 1010. The molecule has 1 N–H and O–H groups in total. The number of carbonyl (C=O) groups excluding carboxylic acids is 2. The normalized spacial score (nSPS) is 18.3. The maximum atomic E-state index is 12.8. The van der Waals surface area contributed by atoms with Gasteiger partial charge in [-0.15, -0.1) is 0 Å². The summed E-state index contributed by atoms with van der Waals surface area (Å²) in [5, 5.41) is 22.0. The van der Waals surface area contributed by atoms with E-state index in [0.29, 0.717) is 18.5 Å². The van der Waals surface area contributed by atoms with Crippen molar-refractivity contribution in [1.29, 1.82) is 0 Å². The molecule has 29 heavy (non-hydrogen) atoms. The number of Topliss-reactive ketones (excluding diaryl/α,β-unsaturated/α-hetero) is 1. The van der Waals surface area contributed by atoms with Crippen molar-refractivity contribution in [3.05, 3.63) is 80.9 Å². The summed E-state index contributed by atoms with van der Waals surface area (Å²) < 4.78 is 0. The summed E-state index contributed by atoms with van der Waals surface area (Å²) in [5.41, 5.74) is 1.55. The highest BCUT2D eigenvalue weighted by Gasteiger charge is 2.45. The first-order valence-corrected chi connectivity index (χ1v) is 9.45. The first kappa shape index (κ1) is 20.3. The third-order valence-electron chi connectivity index (χ3n) is 4.98. The highest BCUT2D eigenvalue weighted by molar-refractivity contribution is 6.46. The number of hydrogen-bond acceptors (Lipinski definition) is 5. The molecular weight excluding hydrogens is 372 g/mol. The van der Waals surface area contributed by atoms with Gasteiger partial charge in [0.15, 0.2) is 0 Å². The Hall–Kier alpha value is -3.48. The van der Waals surface area contributed by atoms with Crippen molar-refractivity contribution in [2.75, 3.05) is 6.54 Å². The van der Waals surface area contributed by atoms with Crippen LogP contribution in [-0.2, 0) is 9.59 Å². The number of hydrogen-bond donors (Lipinski definition) is 1. The van der Waals surface area contributed by atoms with Gasteiger partial charge in [-0.1, -0.05) is 55.3 Å². The maximum Gasteiger partial charge on any atom is 0.295 e. The van der Waals surface area contributed by atoms with Gasteiger partial charge in [0.25, 0.3) is 17.4 Å². The zero-order valence-corrected chi connectivity index (χ0v) is 16.3. The minimum absolute atomic E-state index is 0.0443. The number of non-ortho nitro benzene ring substituents is 1. The molecule has 1 fully saturated rings. The van der Waals surface area contributed by atoms with E-state index >= 15 is 0 Å². The van der Waals surface area contributed by atoms with Crippen LogP contribution in [0.5, 0.6) is 0 Å². The van der Waals surface area contributed by atoms with Gasteiger partial charge in [-0.3, -0.25) is 19.7 Å². The summed E-state index contributed by atoms with van der Waals surface area (Å²) in [6, 6.07) is 12.1. The second-order valence-corrected chi connectivity index (χ2v) is 7.07. The number of nitro groups is 1. The van der Waals surface area contributed by atoms with E-state index in [0.717, 1.165) is 12.0 Å². The lowest BCUT2D eigenvalue weighted by molar-refractivity contribution is -0.384. The van der Waals surface area contributed by atoms with Crippen molar-refractivity contribution in [3.8, 4) is 0 Å². The van der Waals surface area contributed by atoms with E-state index in [2.05, 4.69) is 0 Å². The lowest BCUT2D eigenvalue weighted by Gasteiger charge is -2.25. The van der Waals surface area contributed by atoms with Crippen LogP contribution in [0.4, 0.5) is 5.69 Å². The van der Waals surface area contributed by atoms with E-state index in [1.807, 2.05) is 38.1 Å². The Morgan fingerprint density at radius 1 is 1.17 bits per heavy atom. The molecular formula is C22H22N2O5. The van der Waals surface area contributed by atoms with Crippen LogP contribution >= 0.6 is 0 Å². The lowest BCUT2D eigenvalue weighted by atomic mass is 9.94. The van der Waals surface area contributed by atoms with Crippen molar-refractivity contribution in [2.24, 2.45) is 0 Å². The fourth-order valence-electron chi connectivity index (χ4n) is 3.55. The van der Waals surface area contributed by atoms with Crippen LogP contribution in [0, 0.1) is 17.0 Å². The Labute approximate surface area is 168 Å². The fourth-order valence-corrected chi connectivity index (χ4v) is 3.55. The van der Waals surface area contributed by atoms with Crippen molar-refractivity contribution in [1.82, 2.24) is 4.90 Å². The number of amides is 1. The van der Waals surface area contributed by atoms with Crippen LogP contribution < -0.4 is 0 Å². The molecule has 1 saturated heterocycles. The molecule has 0 spiro atoms. The van der Waals surface area contributed by atoms with Gasteiger partial charge in [0.2, 0.25) is 0 Å². The van der Waals surface area contributed by atoms with Gasteiger partial charge in [0.05, 0.1) is 16.5 Å². The van der Waals surface area contributed by atoms with Crippen LogP contribution in [0.25, 0.3) is 5.76 Å². The molecule has 2 aromatic carbocycles. The molecule has 1 unspecified atom stereocenters. The molecule has 3 rings (SSSR count). The van der Waals surface area contributed by atoms with Gasteiger partial charge in [0, 0.05) is 24.2 Å². The van der Waals surface area contributed by atoms with E-state index in [-0.39, 0.29) is 16.8 Å². The van der Waals surface area contributed by atoms with Gasteiger partial charge >= 0.3 is 0 Å². The molecule has 1 heterocycles. The van der Waals surface area contributed by atoms with Crippen molar-refractivity contribution < 1.29 is 19.6 Å². The Morgan fingerprint density at radius 2 is 1.90 bits per heavy atom. The number of aryl methyl sites for hydroxylation is 1. The predicted octanol–water partition coefficient (Wildman–Crippen LogP) is 4.13. The standard InChI is InChI=1S/C22H22N2O5/c1-3-4-11-23-19(15-8-5-7-14(2)12-15)18(21(26)22(23)27)20(25)16-9-6-10-17(13-16)24(28)29/h5-10,12-13,19,25H,3-4,11H2,1-2H3/b20-18-. The molecule has 7 heteroatoms. The van der Waals surface area contributed by atoms with Crippen molar-refractivity contribution in [3.63, 3.8) is 0 Å². The quantitative estimate of drug-likeness (QED) is 0.261. The molecule has 0 radical (unpaired) electrons. The number of aliphatic hydroxyl groups is 1. The highest BCUT2D eigenvalue weighted by atomic mass is 16.6. The first-order valence-electron chi connectivity index (χ1n) is 9.45. The average molecular weight is 394 g/mol. The number of aliphatic hydroxyl groups excluding tert-OH is 1. The third kappa shape index (κ3) is 3.89. The highest BCUT2D eigenvalue weighted by Crippen LogP contribution is 2.40. The minimum Gasteiger partial charge on any atom is -0.507 e. The maximum absolute atomic E-state index is 12.8. The smallest absolute Gasteiger partial charge is 0.295 e. The number of likely N-dealkylation sites (tertiary alicyclic amines) is 1. The molecule has 7 nitrogen and oxygen atoms in total. The predicted molar refractivity (Wildman–Crippen MR) is 108 cm³/mol. The molecule has 1 aliphatic rings. The van der Waals surface area contributed by atoms with Crippen LogP contribution in [0.3, 0.4) is 0 Å². The number of nitro benzene ring substituents is 1. The van der Waals surface area contributed by atoms with E-state index in [4.69, 9.17) is 0 Å². The number of carbonyl (C=O) groups is 2. The van der Waals surface area contributed by atoms with Gasteiger partial charge in [-0.25, -0.2) is 0 Å². The second-order valence-electron chi connectivity index (χ2n) is 7.07. The number of benzene rings is 2. The topological polar surface area (TPSA) is 101 Å².